The van der Waals surface area contributed by atoms with Crippen molar-refractivity contribution in [1.29, 1.82) is 0 Å². The van der Waals surface area contributed by atoms with Crippen molar-refractivity contribution in [3.8, 4) is 0 Å². The van der Waals surface area contributed by atoms with Crippen LogP contribution in [-0.2, 0) is 0 Å². The summed E-state index contributed by atoms with van der Waals surface area (Å²) in [6, 6.07) is 5.16. The van der Waals surface area contributed by atoms with Crippen molar-refractivity contribution in [3.05, 3.63) is 49.6 Å². The van der Waals surface area contributed by atoms with Crippen LogP contribution in [0.2, 0.25) is 10.3 Å². The summed E-state index contributed by atoms with van der Waals surface area (Å²) >= 11 is 13.2. The highest BCUT2D eigenvalue weighted by Gasteiger charge is 2.33. The first-order chi connectivity index (χ1) is 10.5. The van der Waals surface area contributed by atoms with E-state index in [9.17, 15) is 9.18 Å². The van der Waals surface area contributed by atoms with Crippen molar-refractivity contribution in [2.24, 2.45) is 0 Å². The van der Waals surface area contributed by atoms with E-state index in [4.69, 9.17) is 23.2 Å². The molecule has 0 bridgehead atoms. The van der Waals surface area contributed by atoms with Crippen LogP contribution < -0.4 is 0 Å². The number of hydrogen-bond donors (Lipinski definition) is 0. The van der Waals surface area contributed by atoms with E-state index in [-0.39, 0.29) is 27.8 Å². The highest BCUT2D eigenvalue weighted by Crippen LogP contribution is 2.37. The smallest absolute Gasteiger partial charge is 0.257 e. The number of aryl methyl sites for hydroxylation is 1. The summed E-state index contributed by atoms with van der Waals surface area (Å²) in [5.41, 5.74) is 0.0590. The number of hydrogen-bond acceptors (Lipinski definition) is 3. The Morgan fingerprint density at radius 3 is 2.86 bits per heavy atom. The van der Waals surface area contributed by atoms with Crippen LogP contribution in [0.5, 0.6) is 0 Å². The van der Waals surface area contributed by atoms with Crippen LogP contribution in [-0.4, -0.2) is 22.3 Å². The molecular weight excluding hydrogens is 346 g/mol. The number of amides is 1. The fraction of sp³-hybridized carbons (Fsp3) is 0.333. The highest BCUT2D eigenvalue weighted by atomic mass is 35.5. The van der Waals surface area contributed by atoms with Crippen LogP contribution in [0, 0.1) is 12.7 Å². The molecule has 22 heavy (non-hydrogen) atoms. The van der Waals surface area contributed by atoms with Crippen molar-refractivity contribution in [3.63, 3.8) is 0 Å². The maximum Gasteiger partial charge on any atom is 0.257 e. The average molecular weight is 359 g/mol. The number of likely N-dealkylation sites (tertiary alicyclic amines) is 1. The van der Waals surface area contributed by atoms with Gasteiger partial charge in [-0.1, -0.05) is 23.2 Å². The van der Waals surface area contributed by atoms with Crippen LogP contribution in [0.4, 0.5) is 4.39 Å². The summed E-state index contributed by atoms with van der Waals surface area (Å²) in [5, 5.41) is -0.391. The van der Waals surface area contributed by atoms with Gasteiger partial charge in [0.15, 0.2) is 11.0 Å². The molecule has 0 saturated carbocycles. The number of aromatic nitrogens is 1. The number of carbonyl (C=O) groups is 1. The van der Waals surface area contributed by atoms with Crippen LogP contribution in [0.3, 0.4) is 0 Å². The van der Waals surface area contributed by atoms with Gasteiger partial charge < -0.3 is 4.90 Å². The molecule has 0 aromatic carbocycles. The molecule has 7 heteroatoms. The standard InChI is InChI=1S/C15H13Cl2FN2OS/c1-8-4-5-12(22-8)11-3-2-6-20(11)15(21)9-7-10(18)14(17)19-13(9)16/h4-5,7,11H,2-3,6H2,1H3. The minimum atomic E-state index is -0.739. The fourth-order valence-corrected chi connectivity index (χ4v) is 4.12. The van der Waals surface area contributed by atoms with Gasteiger partial charge in [0, 0.05) is 16.3 Å². The Labute approximate surface area is 141 Å². The van der Waals surface area contributed by atoms with Gasteiger partial charge in [-0.15, -0.1) is 11.3 Å². The molecule has 2 aromatic rings. The Bertz CT molecular complexity index is 734. The molecule has 1 amide bonds. The number of thiophene rings is 1. The number of halogens is 3. The van der Waals surface area contributed by atoms with Crippen LogP contribution in [0.25, 0.3) is 0 Å². The lowest BCUT2D eigenvalue weighted by Gasteiger charge is -2.24. The minimum absolute atomic E-state index is 0.0148. The van der Waals surface area contributed by atoms with Crippen molar-refractivity contribution in [1.82, 2.24) is 9.88 Å². The summed E-state index contributed by atoms with van der Waals surface area (Å²) < 4.78 is 13.6. The second-order valence-electron chi connectivity index (χ2n) is 5.20. The van der Waals surface area contributed by atoms with Gasteiger partial charge in [-0.2, -0.15) is 0 Å². The van der Waals surface area contributed by atoms with E-state index in [0.29, 0.717) is 6.54 Å². The lowest BCUT2D eigenvalue weighted by molar-refractivity contribution is 0.0737. The molecule has 0 spiro atoms. The molecule has 1 atom stereocenters. The van der Waals surface area contributed by atoms with E-state index in [1.165, 1.54) is 4.88 Å². The maximum atomic E-state index is 13.6. The van der Waals surface area contributed by atoms with Crippen LogP contribution >= 0.6 is 34.5 Å². The van der Waals surface area contributed by atoms with Gasteiger partial charge in [-0.25, -0.2) is 9.37 Å². The number of nitrogens with zero attached hydrogens (tertiary/aromatic N) is 2. The van der Waals surface area contributed by atoms with E-state index in [1.807, 2.05) is 19.1 Å². The molecule has 1 aliphatic rings. The monoisotopic (exact) mass is 358 g/mol. The summed E-state index contributed by atoms with van der Waals surface area (Å²) in [7, 11) is 0. The first-order valence-corrected chi connectivity index (χ1v) is 8.43. The summed E-state index contributed by atoms with van der Waals surface area (Å²) in [4.78, 5) is 20.5. The summed E-state index contributed by atoms with van der Waals surface area (Å²) in [6.45, 7) is 2.66. The summed E-state index contributed by atoms with van der Waals surface area (Å²) in [6.07, 6.45) is 1.81. The normalized spacial score (nSPS) is 18.0. The molecule has 3 rings (SSSR count). The van der Waals surface area contributed by atoms with Crippen molar-refractivity contribution in [2.75, 3.05) is 6.54 Å². The Balaban J connectivity index is 1.92. The van der Waals surface area contributed by atoms with Gasteiger partial charge in [-0.3, -0.25) is 4.79 Å². The molecule has 0 radical (unpaired) electrons. The quantitative estimate of drug-likeness (QED) is 0.717. The van der Waals surface area contributed by atoms with Crippen LogP contribution in [0.15, 0.2) is 18.2 Å². The van der Waals surface area contributed by atoms with Crippen molar-refractivity contribution in [2.45, 2.75) is 25.8 Å². The third-order valence-corrected chi connectivity index (χ3v) is 5.38. The van der Waals surface area contributed by atoms with E-state index in [1.54, 1.807) is 16.2 Å². The zero-order valence-electron chi connectivity index (χ0n) is 11.8. The lowest BCUT2D eigenvalue weighted by Crippen LogP contribution is -2.30. The maximum absolute atomic E-state index is 13.6. The van der Waals surface area contributed by atoms with Gasteiger partial charge >= 0.3 is 0 Å². The van der Waals surface area contributed by atoms with Crippen molar-refractivity contribution >= 4 is 40.4 Å². The Kier molecular flexibility index (Phi) is 4.39. The predicted octanol–water partition coefficient (Wildman–Crippen LogP) is 4.87. The number of rotatable bonds is 2. The SMILES string of the molecule is Cc1ccc(C2CCCN2C(=O)c2cc(F)c(Cl)nc2Cl)s1. The predicted molar refractivity (Wildman–Crippen MR) is 86.3 cm³/mol. The minimum Gasteiger partial charge on any atom is -0.331 e. The van der Waals surface area contributed by atoms with Gasteiger partial charge in [0.25, 0.3) is 5.91 Å². The molecule has 0 N–H and O–H groups in total. The molecule has 2 aromatic heterocycles. The molecule has 3 heterocycles. The molecule has 0 aliphatic carbocycles. The lowest BCUT2D eigenvalue weighted by atomic mass is 10.1. The fourth-order valence-electron chi connectivity index (χ4n) is 2.69. The molecule has 1 saturated heterocycles. The summed E-state index contributed by atoms with van der Waals surface area (Å²) in [5.74, 6) is -1.04. The van der Waals surface area contributed by atoms with Gasteiger partial charge in [0.1, 0.15) is 5.15 Å². The molecular formula is C15H13Cl2FN2OS. The van der Waals surface area contributed by atoms with Crippen LogP contribution in [0.1, 0.15) is 39.0 Å². The first kappa shape index (κ1) is 15.7. The zero-order valence-corrected chi connectivity index (χ0v) is 14.1. The first-order valence-electron chi connectivity index (χ1n) is 6.86. The second-order valence-corrected chi connectivity index (χ2v) is 7.24. The van der Waals surface area contributed by atoms with Gasteiger partial charge in [0.05, 0.1) is 11.6 Å². The van der Waals surface area contributed by atoms with E-state index in [2.05, 4.69) is 4.98 Å². The molecule has 1 fully saturated rings. The zero-order chi connectivity index (χ0) is 15.9. The largest absolute Gasteiger partial charge is 0.331 e. The second kappa shape index (κ2) is 6.14. The third-order valence-electron chi connectivity index (χ3n) is 3.72. The molecule has 116 valence electrons. The van der Waals surface area contributed by atoms with E-state index < -0.39 is 5.82 Å². The number of carbonyl (C=O) groups excluding carboxylic acids is 1. The topological polar surface area (TPSA) is 33.2 Å². The molecule has 3 nitrogen and oxygen atoms in total. The third kappa shape index (κ3) is 2.85. The molecule has 1 aliphatic heterocycles. The molecule has 1 unspecified atom stereocenters. The van der Waals surface area contributed by atoms with Gasteiger partial charge in [0.2, 0.25) is 0 Å². The average Bonchev–Trinajstić information content (AvgIpc) is 3.10. The Hall–Kier alpha value is -1.17. The Morgan fingerprint density at radius 1 is 1.41 bits per heavy atom. The van der Waals surface area contributed by atoms with E-state index >= 15 is 0 Å². The highest BCUT2D eigenvalue weighted by molar-refractivity contribution is 7.12. The van der Waals surface area contributed by atoms with Crippen molar-refractivity contribution < 1.29 is 9.18 Å². The van der Waals surface area contributed by atoms with Gasteiger partial charge in [-0.05, 0) is 38.0 Å². The Morgan fingerprint density at radius 2 is 2.18 bits per heavy atom. The number of pyridine rings is 1. The van der Waals surface area contributed by atoms with E-state index in [0.717, 1.165) is 23.8 Å².